The fourth-order valence-corrected chi connectivity index (χ4v) is 2.59. The highest BCUT2D eigenvalue weighted by Gasteiger charge is 2.27. The van der Waals surface area contributed by atoms with Crippen LogP contribution in [0, 0.1) is 0 Å². The van der Waals surface area contributed by atoms with E-state index in [9.17, 15) is 15.0 Å². The van der Waals surface area contributed by atoms with Crippen LogP contribution in [0.3, 0.4) is 0 Å². The summed E-state index contributed by atoms with van der Waals surface area (Å²) in [7, 11) is 0. The summed E-state index contributed by atoms with van der Waals surface area (Å²) in [5.41, 5.74) is 2.40. The van der Waals surface area contributed by atoms with Crippen LogP contribution >= 0.6 is 0 Å². The average Bonchev–Trinajstić information content (AvgIpc) is 2.91. The fraction of sp³-hybridized carbons (Fsp3) is 0.235. The number of aliphatic hydroxyl groups is 2. The molecule has 22 heavy (non-hydrogen) atoms. The van der Waals surface area contributed by atoms with Crippen molar-refractivity contribution in [2.75, 3.05) is 6.61 Å². The van der Waals surface area contributed by atoms with Crippen molar-refractivity contribution in [3.05, 3.63) is 48.0 Å². The molecule has 5 nitrogen and oxygen atoms in total. The molecule has 0 radical (unpaired) electrons. The van der Waals surface area contributed by atoms with Crippen LogP contribution in [-0.2, 0) is 9.53 Å². The summed E-state index contributed by atoms with van der Waals surface area (Å²) < 4.78 is 4.73. The first kappa shape index (κ1) is 14.6. The minimum Gasteiger partial charge on any atom is -0.464 e. The number of hydrogen-bond donors (Lipinski definition) is 3. The Hall–Kier alpha value is -2.37. The first-order valence-corrected chi connectivity index (χ1v) is 7.15. The lowest BCUT2D eigenvalue weighted by molar-refractivity contribution is -0.159. The number of esters is 1. The molecule has 0 aliphatic heterocycles. The maximum absolute atomic E-state index is 11.5. The molecule has 2 atom stereocenters. The van der Waals surface area contributed by atoms with Crippen molar-refractivity contribution in [2.45, 2.75) is 19.1 Å². The molecule has 114 valence electrons. The number of carbonyl (C=O) groups is 1. The van der Waals surface area contributed by atoms with Gasteiger partial charge in [0.15, 0.2) is 6.10 Å². The number of H-pyrrole nitrogens is 1. The molecule has 0 amide bonds. The highest BCUT2D eigenvalue weighted by Crippen LogP contribution is 2.29. The third-order valence-electron chi connectivity index (χ3n) is 3.70. The van der Waals surface area contributed by atoms with Gasteiger partial charge in [-0.05, 0) is 30.7 Å². The number of carbonyl (C=O) groups excluding carboxylic acids is 1. The van der Waals surface area contributed by atoms with Gasteiger partial charge in [0.2, 0.25) is 0 Å². The summed E-state index contributed by atoms with van der Waals surface area (Å²) in [6.07, 6.45) is -2.92. The Bertz CT molecular complexity index is 824. The first-order valence-electron chi connectivity index (χ1n) is 7.15. The van der Waals surface area contributed by atoms with Crippen molar-refractivity contribution in [3.63, 3.8) is 0 Å². The van der Waals surface area contributed by atoms with E-state index in [4.69, 9.17) is 4.74 Å². The molecule has 0 bridgehead atoms. The number of rotatable bonds is 4. The molecule has 0 aliphatic carbocycles. The number of benzene rings is 2. The van der Waals surface area contributed by atoms with Crippen LogP contribution < -0.4 is 0 Å². The second kappa shape index (κ2) is 5.79. The van der Waals surface area contributed by atoms with Gasteiger partial charge in [0.25, 0.3) is 0 Å². The van der Waals surface area contributed by atoms with Gasteiger partial charge in [-0.2, -0.15) is 0 Å². The maximum Gasteiger partial charge on any atom is 0.338 e. The minimum atomic E-state index is -1.59. The van der Waals surface area contributed by atoms with Crippen LogP contribution in [0.2, 0.25) is 0 Å². The average molecular weight is 299 g/mol. The van der Waals surface area contributed by atoms with Crippen molar-refractivity contribution in [3.8, 4) is 0 Å². The second-order valence-electron chi connectivity index (χ2n) is 5.12. The molecule has 2 aromatic carbocycles. The van der Waals surface area contributed by atoms with Crippen LogP contribution in [-0.4, -0.2) is 33.9 Å². The normalized spacial score (nSPS) is 14.1. The number of fused-ring (bicyclic) bond motifs is 3. The lowest BCUT2D eigenvalue weighted by Crippen LogP contribution is -2.29. The number of aromatic amines is 1. The molecule has 0 saturated carbocycles. The summed E-state index contributed by atoms with van der Waals surface area (Å²) >= 11 is 0. The van der Waals surface area contributed by atoms with Crippen LogP contribution in [0.4, 0.5) is 0 Å². The number of nitrogens with one attached hydrogen (secondary N) is 1. The molecular weight excluding hydrogens is 282 g/mol. The van der Waals surface area contributed by atoms with Crippen molar-refractivity contribution >= 4 is 27.8 Å². The lowest BCUT2D eigenvalue weighted by Gasteiger charge is -2.16. The topological polar surface area (TPSA) is 82.6 Å². The second-order valence-corrected chi connectivity index (χ2v) is 5.12. The van der Waals surface area contributed by atoms with Crippen LogP contribution in [0.1, 0.15) is 18.6 Å². The number of ether oxygens (including phenoxy) is 1. The van der Waals surface area contributed by atoms with E-state index < -0.39 is 18.2 Å². The monoisotopic (exact) mass is 299 g/mol. The van der Waals surface area contributed by atoms with E-state index in [0.29, 0.717) is 5.56 Å². The van der Waals surface area contributed by atoms with Gasteiger partial charge in [0, 0.05) is 21.8 Å². The minimum absolute atomic E-state index is 0.157. The molecule has 1 aromatic heterocycles. The van der Waals surface area contributed by atoms with E-state index in [2.05, 4.69) is 4.98 Å². The Labute approximate surface area is 127 Å². The van der Waals surface area contributed by atoms with E-state index in [1.807, 2.05) is 30.3 Å². The Morgan fingerprint density at radius 2 is 1.86 bits per heavy atom. The van der Waals surface area contributed by atoms with Crippen LogP contribution in [0.15, 0.2) is 42.5 Å². The van der Waals surface area contributed by atoms with Gasteiger partial charge in [-0.3, -0.25) is 0 Å². The molecule has 3 N–H and O–H groups in total. The summed E-state index contributed by atoms with van der Waals surface area (Å²) in [5.74, 6) is -0.825. The Morgan fingerprint density at radius 3 is 2.64 bits per heavy atom. The van der Waals surface area contributed by atoms with E-state index in [1.165, 1.54) is 0 Å². The number of aliphatic hydroxyl groups excluding tert-OH is 2. The van der Waals surface area contributed by atoms with Crippen molar-refractivity contribution in [1.29, 1.82) is 0 Å². The first-order chi connectivity index (χ1) is 10.6. The SMILES string of the molecule is CCOC(=O)C(O)C(O)c1ccc2[nH]c3ccccc3c2c1. The molecule has 5 heteroatoms. The van der Waals surface area contributed by atoms with Gasteiger partial charge in [0.05, 0.1) is 6.61 Å². The predicted molar refractivity (Wildman–Crippen MR) is 83.4 cm³/mol. The summed E-state index contributed by atoms with van der Waals surface area (Å²) in [5, 5.41) is 22.0. The zero-order valence-electron chi connectivity index (χ0n) is 12.1. The van der Waals surface area contributed by atoms with E-state index in [0.717, 1.165) is 21.8 Å². The number of hydrogen-bond acceptors (Lipinski definition) is 4. The lowest BCUT2D eigenvalue weighted by atomic mass is 10.0. The van der Waals surface area contributed by atoms with Gasteiger partial charge < -0.3 is 19.9 Å². The molecule has 3 rings (SSSR count). The standard InChI is InChI=1S/C17H17NO4/c1-2-22-17(21)16(20)15(19)10-7-8-14-12(9-10)11-5-3-4-6-13(11)18-14/h3-9,15-16,18-20H,2H2,1H3. The smallest absolute Gasteiger partial charge is 0.338 e. The van der Waals surface area contributed by atoms with Crippen LogP contribution in [0.5, 0.6) is 0 Å². The van der Waals surface area contributed by atoms with Gasteiger partial charge >= 0.3 is 5.97 Å². The van der Waals surface area contributed by atoms with E-state index in [-0.39, 0.29) is 6.61 Å². The van der Waals surface area contributed by atoms with Gasteiger partial charge in [-0.15, -0.1) is 0 Å². The molecule has 0 aliphatic rings. The Balaban J connectivity index is 2.00. The van der Waals surface area contributed by atoms with E-state index in [1.54, 1.807) is 19.1 Å². The zero-order valence-corrected chi connectivity index (χ0v) is 12.1. The predicted octanol–water partition coefficient (Wildman–Crippen LogP) is 2.28. The largest absolute Gasteiger partial charge is 0.464 e. The van der Waals surface area contributed by atoms with Crippen LogP contribution in [0.25, 0.3) is 21.8 Å². The molecule has 3 aromatic rings. The van der Waals surface area contributed by atoms with Crippen molar-refractivity contribution in [1.82, 2.24) is 4.98 Å². The molecule has 0 saturated heterocycles. The highest BCUT2D eigenvalue weighted by molar-refractivity contribution is 6.07. The molecule has 0 spiro atoms. The molecule has 2 unspecified atom stereocenters. The van der Waals surface area contributed by atoms with Crippen molar-refractivity contribution in [2.24, 2.45) is 0 Å². The van der Waals surface area contributed by atoms with Crippen molar-refractivity contribution < 1.29 is 19.7 Å². The Morgan fingerprint density at radius 1 is 1.14 bits per heavy atom. The molecule has 1 heterocycles. The van der Waals surface area contributed by atoms with Gasteiger partial charge in [-0.1, -0.05) is 24.3 Å². The van der Waals surface area contributed by atoms with Gasteiger partial charge in [-0.25, -0.2) is 4.79 Å². The summed E-state index contributed by atoms with van der Waals surface area (Å²) in [6, 6.07) is 13.1. The number of para-hydroxylation sites is 1. The van der Waals surface area contributed by atoms with E-state index >= 15 is 0 Å². The zero-order chi connectivity index (χ0) is 15.7. The fourth-order valence-electron chi connectivity index (χ4n) is 2.59. The quantitative estimate of drug-likeness (QED) is 0.645. The molecular formula is C17H17NO4. The number of aromatic nitrogens is 1. The molecule has 0 fully saturated rings. The third-order valence-corrected chi connectivity index (χ3v) is 3.70. The highest BCUT2D eigenvalue weighted by atomic mass is 16.5. The third kappa shape index (κ3) is 2.45. The van der Waals surface area contributed by atoms with Gasteiger partial charge in [0.1, 0.15) is 6.10 Å². The Kier molecular flexibility index (Phi) is 3.83. The maximum atomic E-state index is 11.5. The summed E-state index contributed by atoms with van der Waals surface area (Å²) in [6.45, 7) is 1.80. The summed E-state index contributed by atoms with van der Waals surface area (Å²) in [4.78, 5) is 14.8.